The normalized spacial score (nSPS) is 15.1. The van der Waals surface area contributed by atoms with Crippen molar-refractivity contribution >= 4 is 0 Å². The van der Waals surface area contributed by atoms with Crippen LogP contribution >= 0.6 is 0 Å². The predicted molar refractivity (Wildman–Crippen MR) is 57.3 cm³/mol. The third-order valence-corrected chi connectivity index (χ3v) is 2.54. The summed E-state index contributed by atoms with van der Waals surface area (Å²) in [6.45, 7) is 7.45. The molecular formula is C12H18O2. The number of hydrogen-bond acceptors (Lipinski definition) is 2. The molecule has 0 radical (unpaired) electrons. The van der Waals surface area contributed by atoms with Crippen molar-refractivity contribution in [3.8, 4) is 0 Å². The number of rotatable bonds is 5. The fourth-order valence-corrected chi connectivity index (χ4v) is 1.43. The average Bonchev–Trinajstić information content (AvgIpc) is 2.61. The van der Waals surface area contributed by atoms with Gasteiger partial charge in [0.1, 0.15) is 5.76 Å². The first kappa shape index (κ1) is 11.1. The third-order valence-electron chi connectivity index (χ3n) is 2.54. The molecule has 0 saturated carbocycles. The van der Waals surface area contributed by atoms with Gasteiger partial charge in [0.25, 0.3) is 0 Å². The minimum Gasteiger partial charge on any atom is -0.469 e. The van der Waals surface area contributed by atoms with Gasteiger partial charge in [-0.1, -0.05) is 13.0 Å². The lowest BCUT2D eigenvalue weighted by atomic mass is 9.98. The van der Waals surface area contributed by atoms with Crippen LogP contribution in [0.15, 0.2) is 29.4 Å². The minimum absolute atomic E-state index is 0.0600. The number of aliphatic hydroxyl groups is 1. The number of aliphatic hydroxyl groups excluding tert-OH is 1. The van der Waals surface area contributed by atoms with Gasteiger partial charge in [0.05, 0.1) is 12.4 Å². The Bertz CT molecular complexity index is 286. The molecule has 2 nitrogen and oxygen atoms in total. The van der Waals surface area contributed by atoms with Gasteiger partial charge in [0.15, 0.2) is 0 Å². The Morgan fingerprint density at radius 2 is 2.29 bits per heavy atom. The van der Waals surface area contributed by atoms with Gasteiger partial charge in [-0.05, 0) is 31.4 Å². The highest BCUT2D eigenvalue weighted by molar-refractivity contribution is 5.21. The largest absolute Gasteiger partial charge is 0.469 e. The van der Waals surface area contributed by atoms with E-state index in [1.807, 2.05) is 19.1 Å². The second kappa shape index (κ2) is 5.01. The first-order valence-corrected chi connectivity index (χ1v) is 5.02. The molecule has 1 N–H and O–H groups in total. The van der Waals surface area contributed by atoms with Gasteiger partial charge in [0, 0.05) is 5.92 Å². The van der Waals surface area contributed by atoms with E-state index in [9.17, 15) is 5.11 Å². The summed E-state index contributed by atoms with van der Waals surface area (Å²) in [7, 11) is 0. The second-order valence-electron chi connectivity index (χ2n) is 3.67. The van der Waals surface area contributed by atoms with E-state index in [0.717, 1.165) is 18.6 Å². The highest BCUT2D eigenvalue weighted by atomic mass is 16.3. The molecule has 14 heavy (non-hydrogen) atoms. The minimum atomic E-state index is -0.372. The van der Waals surface area contributed by atoms with Crippen molar-refractivity contribution in [3.05, 3.63) is 36.3 Å². The van der Waals surface area contributed by atoms with E-state index < -0.39 is 0 Å². The Balaban J connectivity index is 2.75. The van der Waals surface area contributed by atoms with Crippen molar-refractivity contribution in [2.24, 2.45) is 0 Å². The SMILES string of the molecule is C=CCCc1ccoc1[C@@H](C)[C@@H](C)O. The number of hydrogen-bond donors (Lipinski definition) is 1. The van der Waals surface area contributed by atoms with Gasteiger partial charge in [0.2, 0.25) is 0 Å². The predicted octanol–water partition coefficient (Wildman–Crippen LogP) is 2.88. The monoisotopic (exact) mass is 194 g/mol. The van der Waals surface area contributed by atoms with Crippen LogP contribution in [0.2, 0.25) is 0 Å². The summed E-state index contributed by atoms with van der Waals surface area (Å²) in [4.78, 5) is 0. The molecular weight excluding hydrogens is 176 g/mol. The standard InChI is InChI=1S/C12H18O2/c1-4-5-6-11-7-8-14-12(11)9(2)10(3)13/h4,7-10,13H,1,5-6H2,2-3H3/t9-,10+/m0/s1. The lowest BCUT2D eigenvalue weighted by Crippen LogP contribution is -2.11. The lowest BCUT2D eigenvalue weighted by molar-refractivity contribution is 0.158. The van der Waals surface area contributed by atoms with Crippen molar-refractivity contribution in [1.82, 2.24) is 0 Å². The Morgan fingerprint density at radius 3 is 2.86 bits per heavy atom. The molecule has 1 aromatic rings. The van der Waals surface area contributed by atoms with Crippen LogP contribution in [0.3, 0.4) is 0 Å². The first-order valence-electron chi connectivity index (χ1n) is 5.02. The summed E-state index contributed by atoms with van der Waals surface area (Å²) >= 11 is 0. The van der Waals surface area contributed by atoms with E-state index in [-0.39, 0.29) is 12.0 Å². The number of aryl methyl sites for hydroxylation is 1. The molecule has 0 spiro atoms. The van der Waals surface area contributed by atoms with E-state index in [1.165, 1.54) is 5.56 Å². The van der Waals surface area contributed by atoms with Gasteiger partial charge in [-0.25, -0.2) is 0 Å². The molecule has 1 aromatic heterocycles. The fourth-order valence-electron chi connectivity index (χ4n) is 1.43. The van der Waals surface area contributed by atoms with Crippen molar-refractivity contribution in [2.45, 2.75) is 38.7 Å². The molecule has 0 aliphatic rings. The molecule has 2 heteroatoms. The molecule has 0 fully saturated rings. The van der Waals surface area contributed by atoms with Crippen LogP contribution in [0.4, 0.5) is 0 Å². The topological polar surface area (TPSA) is 33.4 Å². The molecule has 78 valence electrons. The van der Waals surface area contributed by atoms with E-state index in [2.05, 4.69) is 6.58 Å². The Kier molecular flexibility index (Phi) is 3.96. The summed E-state index contributed by atoms with van der Waals surface area (Å²) in [6, 6.07) is 1.97. The smallest absolute Gasteiger partial charge is 0.112 e. The maximum absolute atomic E-state index is 9.46. The Labute approximate surface area is 85.2 Å². The van der Waals surface area contributed by atoms with E-state index in [4.69, 9.17) is 4.42 Å². The van der Waals surface area contributed by atoms with Crippen molar-refractivity contribution < 1.29 is 9.52 Å². The first-order chi connectivity index (χ1) is 6.66. The van der Waals surface area contributed by atoms with E-state index in [1.54, 1.807) is 13.2 Å². The summed E-state index contributed by atoms with van der Waals surface area (Å²) in [5.41, 5.74) is 1.18. The number of furan rings is 1. The van der Waals surface area contributed by atoms with Crippen LogP contribution in [0.25, 0.3) is 0 Å². The van der Waals surface area contributed by atoms with Gasteiger partial charge in [-0.3, -0.25) is 0 Å². The Morgan fingerprint density at radius 1 is 1.57 bits per heavy atom. The quantitative estimate of drug-likeness (QED) is 0.731. The maximum atomic E-state index is 9.46. The van der Waals surface area contributed by atoms with Gasteiger partial charge in [-0.15, -0.1) is 6.58 Å². The Hall–Kier alpha value is -1.02. The highest BCUT2D eigenvalue weighted by Gasteiger charge is 2.18. The lowest BCUT2D eigenvalue weighted by Gasteiger charge is -2.13. The van der Waals surface area contributed by atoms with Gasteiger partial charge < -0.3 is 9.52 Å². The maximum Gasteiger partial charge on any atom is 0.112 e. The zero-order valence-corrected chi connectivity index (χ0v) is 8.86. The third kappa shape index (κ3) is 2.48. The molecule has 1 rings (SSSR count). The second-order valence-corrected chi connectivity index (χ2v) is 3.67. The van der Waals surface area contributed by atoms with Crippen molar-refractivity contribution in [3.63, 3.8) is 0 Å². The summed E-state index contributed by atoms with van der Waals surface area (Å²) in [5, 5.41) is 9.46. The molecule has 1 heterocycles. The summed E-state index contributed by atoms with van der Waals surface area (Å²) in [5.74, 6) is 0.965. The van der Waals surface area contributed by atoms with Crippen LogP contribution in [0, 0.1) is 0 Å². The average molecular weight is 194 g/mol. The fraction of sp³-hybridized carbons (Fsp3) is 0.500. The van der Waals surface area contributed by atoms with Crippen LogP contribution in [0.1, 0.15) is 37.5 Å². The molecule has 0 aliphatic heterocycles. The molecule has 0 unspecified atom stereocenters. The molecule has 0 saturated heterocycles. The molecule has 0 amide bonds. The van der Waals surface area contributed by atoms with Crippen molar-refractivity contribution in [2.75, 3.05) is 0 Å². The molecule has 0 aromatic carbocycles. The molecule has 0 bridgehead atoms. The van der Waals surface area contributed by atoms with Gasteiger partial charge in [-0.2, -0.15) is 0 Å². The number of allylic oxidation sites excluding steroid dienone is 1. The van der Waals surface area contributed by atoms with E-state index in [0.29, 0.717) is 0 Å². The molecule has 2 atom stereocenters. The van der Waals surface area contributed by atoms with Gasteiger partial charge >= 0.3 is 0 Å². The van der Waals surface area contributed by atoms with Crippen LogP contribution in [0.5, 0.6) is 0 Å². The van der Waals surface area contributed by atoms with Crippen LogP contribution in [-0.2, 0) is 6.42 Å². The summed E-state index contributed by atoms with van der Waals surface area (Å²) in [6.07, 6.45) is 5.09. The summed E-state index contributed by atoms with van der Waals surface area (Å²) < 4.78 is 5.39. The van der Waals surface area contributed by atoms with Crippen LogP contribution in [-0.4, -0.2) is 11.2 Å². The van der Waals surface area contributed by atoms with Crippen LogP contribution < -0.4 is 0 Å². The van der Waals surface area contributed by atoms with Crippen molar-refractivity contribution in [1.29, 1.82) is 0 Å². The zero-order chi connectivity index (χ0) is 10.6. The van der Waals surface area contributed by atoms with E-state index >= 15 is 0 Å². The highest BCUT2D eigenvalue weighted by Crippen LogP contribution is 2.25. The molecule has 0 aliphatic carbocycles. The zero-order valence-electron chi connectivity index (χ0n) is 8.86.